The van der Waals surface area contributed by atoms with Crippen molar-refractivity contribution in [3.8, 4) is 0 Å². The molecule has 8 heteroatoms. The van der Waals surface area contributed by atoms with Gasteiger partial charge in [0.25, 0.3) is 5.56 Å². The van der Waals surface area contributed by atoms with Crippen LogP contribution in [0.25, 0.3) is 10.9 Å². The number of hydrogen-bond acceptors (Lipinski definition) is 5. The van der Waals surface area contributed by atoms with E-state index in [-0.39, 0.29) is 11.7 Å². The second-order valence-corrected chi connectivity index (χ2v) is 9.58. The molecule has 0 unspecified atom stereocenters. The number of morpholine rings is 1. The maximum atomic E-state index is 12.9. The first-order chi connectivity index (χ1) is 16.0. The smallest absolute Gasteiger partial charge is 0.253 e. The number of nitrogens with one attached hydrogen (secondary N) is 2. The number of hydrogen-bond donors (Lipinski definition) is 2. The van der Waals surface area contributed by atoms with Crippen molar-refractivity contribution >= 4 is 28.2 Å². The lowest BCUT2D eigenvalue weighted by molar-refractivity contribution is 0.0367. The van der Waals surface area contributed by atoms with Crippen LogP contribution < -0.4 is 10.9 Å². The third kappa shape index (κ3) is 6.53. The lowest BCUT2D eigenvalue weighted by Gasteiger charge is -2.30. The summed E-state index contributed by atoms with van der Waals surface area (Å²) in [6.45, 7) is 11.5. The van der Waals surface area contributed by atoms with E-state index in [4.69, 9.17) is 21.7 Å². The molecule has 2 saturated heterocycles. The van der Waals surface area contributed by atoms with Gasteiger partial charge in [-0.3, -0.25) is 9.69 Å². The van der Waals surface area contributed by atoms with E-state index in [2.05, 4.69) is 40.0 Å². The first kappa shape index (κ1) is 24.1. The maximum Gasteiger partial charge on any atom is 0.253 e. The molecular formula is C25H36N4O3S. The molecule has 2 aromatic rings. The van der Waals surface area contributed by atoms with Gasteiger partial charge in [-0.05, 0) is 80.0 Å². The van der Waals surface area contributed by atoms with Gasteiger partial charge in [0.15, 0.2) is 5.11 Å². The van der Waals surface area contributed by atoms with E-state index in [0.717, 1.165) is 81.7 Å². The number of aryl methyl sites for hydroxylation is 2. The van der Waals surface area contributed by atoms with Crippen LogP contribution in [0, 0.1) is 13.8 Å². The molecule has 0 aliphatic carbocycles. The standard InChI is InChI=1S/C25H36N4O3S/c1-18-13-20-15-21(24(30)27-23(20)14-19(18)2)17-29(7-4-6-28-8-11-31-12-9-28)25(33)26-16-22-5-3-10-32-22/h13-15,22H,3-12,16-17H2,1-2H3,(H,26,33)(H,27,30)/t22-/m0/s1. The van der Waals surface area contributed by atoms with E-state index in [9.17, 15) is 4.79 Å². The van der Waals surface area contributed by atoms with E-state index in [1.54, 1.807) is 0 Å². The molecule has 2 aliphatic rings. The zero-order valence-corrected chi connectivity index (χ0v) is 20.6. The highest BCUT2D eigenvalue weighted by atomic mass is 32.1. The van der Waals surface area contributed by atoms with Gasteiger partial charge < -0.3 is 24.7 Å². The molecule has 1 atom stereocenters. The maximum absolute atomic E-state index is 12.9. The van der Waals surface area contributed by atoms with Crippen molar-refractivity contribution < 1.29 is 9.47 Å². The normalized spacial score (nSPS) is 19.2. The predicted octanol–water partition coefficient (Wildman–Crippen LogP) is 2.72. The third-order valence-corrected chi connectivity index (χ3v) is 7.10. The Morgan fingerprint density at radius 3 is 2.76 bits per heavy atom. The van der Waals surface area contributed by atoms with Crippen LogP contribution in [0.1, 0.15) is 36.0 Å². The summed E-state index contributed by atoms with van der Waals surface area (Å²) in [4.78, 5) is 20.5. The lowest BCUT2D eigenvalue weighted by atomic mass is 10.0. The number of ether oxygens (including phenoxy) is 2. The van der Waals surface area contributed by atoms with E-state index in [1.807, 2.05) is 12.1 Å². The molecule has 0 amide bonds. The van der Waals surface area contributed by atoms with Crippen LogP contribution >= 0.6 is 12.2 Å². The fourth-order valence-electron chi connectivity index (χ4n) is 4.53. The van der Waals surface area contributed by atoms with Crippen molar-refractivity contribution in [2.75, 3.05) is 52.5 Å². The highest BCUT2D eigenvalue weighted by Gasteiger charge is 2.19. The minimum atomic E-state index is -0.0501. The van der Waals surface area contributed by atoms with Crippen LogP contribution in [0.3, 0.4) is 0 Å². The number of nitrogens with zero attached hydrogens (tertiary/aromatic N) is 2. The number of H-pyrrole nitrogens is 1. The number of fused-ring (bicyclic) bond motifs is 1. The topological polar surface area (TPSA) is 69.8 Å². The minimum Gasteiger partial charge on any atom is -0.379 e. The second-order valence-electron chi connectivity index (χ2n) is 9.20. The average molecular weight is 473 g/mol. The van der Waals surface area contributed by atoms with Gasteiger partial charge in [0.1, 0.15) is 0 Å². The molecule has 2 N–H and O–H groups in total. The van der Waals surface area contributed by atoms with Crippen LogP contribution in [0.15, 0.2) is 23.0 Å². The highest BCUT2D eigenvalue weighted by molar-refractivity contribution is 7.80. The van der Waals surface area contributed by atoms with Crippen molar-refractivity contribution in [2.24, 2.45) is 0 Å². The van der Waals surface area contributed by atoms with Gasteiger partial charge >= 0.3 is 0 Å². The lowest BCUT2D eigenvalue weighted by Crippen LogP contribution is -2.44. The molecule has 0 bridgehead atoms. The zero-order valence-electron chi connectivity index (χ0n) is 19.8. The number of thiocarbonyl (C=S) groups is 1. The molecule has 3 heterocycles. The fourth-order valence-corrected chi connectivity index (χ4v) is 4.76. The molecule has 33 heavy (non-hydrogen) atoms. The van der Waals surface area contributed by atoms with Crippen molar-refractivity contribution in [1.82, 2.24) is 20.1 Å². The number of aromatic amines is 1. The van der Waals surface area contributed by atoms with Gasteiger partial charge in [0.2, 0.25) is 0 Å². The average Bonchev–Trinajstić information content (AvgIpc) is 3.33. The van der Waals surface area contributed by atoms with Crippen molar-refractivity contribution in [2.45, 2.75) is 45.8 Å². The van der Waals surface area contributed by atoms with Gasteiger partial charge in [-0.2, -0.15) is 0 Å². The Morgan fingerprint density at radius 1 is 1.21 bits per heavy atom. The third-order valence-electron chi connectivity index (χ3n) is 6.69. The number of aromatic nitrogens is 1. The van der Waals surface area contributed by atoms with Gasteiger partial charge in [0.05, 0.1) is 25.9 Å². The Balaban J connectivity index is 1.46. The van der Waals surface area contributed by atoms with Crippen LogP contribution in [-0.2, 0) is 16.0 Å². The molecule has 0 spiro atoms. The summed E-state index contributed by atoms with van der Waals surface area (Å²) < 4.78 is 11.2. The summed E-state index contributed by atoms with van der Waals surface area (Å²) in [5, 5.41) is 5.14. The monoisotopic (exact) mass is 472 g/mol. The molecule has 180 valence electrons. The first-order valence-corrected chi connectivity index (χ1v) is 12.5. The predicted molar refractivity (Wildman–Crippen MR) is 136 cm³/mol. The molecule has 7 nitrogen and oxygen atoms in total. The summed E-state index contributed by atoms with van der Waals surface area (Å²) in [6, 6.07) is 6.20. The first-order valence-electron chi connectivity index (χ1n) is 12.1. The Bertz CT molecular complexity index is 1010. The van der Waals surface area contributed by atoms with Crippen LogP contribution in [0.2, 0.25) is 0 Å². The minimum absolute atomic E-state index is 0.0501. The zero-order chi connectivity index (χ0) is 23.2. The molecule has 2 fully saturated rings. The fraction of sp³-hybridized carbons (Fsp3) is 0.600. The summed E-state index contributed by atoms with van der Waals surface area (Å²) in [7, 11) is 0. The molecule has 2 aliphatic heterocycles. The van der Waals surface area contributed by atoms with E-state index < -0.39 is 0 Å². The Morgan fingerprint density at radius 2 is 2.00 bits per heavy atom. The van der Waals surface area contributed by atoms with Crippen molar-refractivity contribution in [1.29, 1.82) is 0 Å². The van der Waals surface area contributed by atoms with Crippen LogP contribution in [0.5, 0.6) is 0 Å². The number of rotatable bonds is 8. The van der Waals surface area contributed by atoms with Crippen molar-refractivity contribution in [3.63, 3.8) is 0 Å². The second kappa shape index (κ2) is 11.4. The quantitative estimate of drug-likeness (QED) is 0.573. The van der Waals surface area contributed by atoms with Gasteiger partial charge in [0, 0.05) is 50.4 Å². The van der Waals surface area contributed by atoms with Crippen LogP contribution in [-0.4, -0.2) is 78.5 Å². The van der Waals surface area contributed by atoms with Crippen LogP contribution in [0.4, 0.5) is 0 Å². The van der Waals surface area contributed by atoms with Gasteiger partial charge in [-0.1, -0.05) is 0 Å². The molecule has 0 radical (unpaired) electrons. The number of pyridine rings is 1. The van der Waals surface area contributed by atoms with Gasteiger partial charge in [-0.15, -0.1) is 0 Å². The largest absolute Gasteiger partial charge is 0.379 e. The van der Waals surface area contributed by atoms with E-state index in [0.29, 0.717) is 18.2 Å². The highest BCUT2D eigenvalue weighted by Crippen LogP contribution is 2.18. The molecule has 4 rings (SSSR count). The Labute approximate surface area is 201 Å². The molecule has 1 aromatic carbocycles. The number of benzene rings is 1. The summed E-state index contributed by atoms with van der Waals surface area (Å²) in [5.41, 5.74) is 3.96. The van der Waals surface area contributed by atoms with Gasteiger partial charge in [-0.25, -0.2) is 0 Å². The molecule has 0 saturated carbocycles. The van der Waals surface area contributed by atoms with E-state index in [1.165, 1.54) is 11.1 Å². The Kier molecular flexibility index (Phi) is 8.35. The summed E-state index contributed by atoms with van der Waals surface area (Å²) in [5.74, 6) is 0. The van der Waals surface area contributed by atoms with Crippen molar-refractivity contribution in [3.05, 3.63) is 45.2 Å². The molecule has 1 aromatic heterocycles. The SMILES string of the molecule is Cc1cc2cc(CN(CCCN3CCOCC3)C(=S)NC[C@@H]3CCCO3)c(=O)[nH]c2cc1C. The Hall–Kier alpha value is -2.00. The molecular weight excluding hydrogens is 436 g/mol. The summed E-state index contributed by atoms with van der Waals surface area (Å²) >= 11 is 5.77. The van der Waals surface area contributed by atoms with E-state index >= 15 is 0 Å². The summed E-state index contributed by atoms with van der Waals surface area (Å²) in [6.07, 6.45) is 3.36.